The monoisotopic (exact) mass is 272 g/mol. The van der Waals surface area contributed by atoms with Crippen molar-refractivity contribution in [2.45, 2.75) is 32.0 Å². The highest BCUT2D eigenvalue weighted by molar-refractivity contribution is 5.55. The number of nitrogens with one attached hydrogen (secondary N) is 1. The summed E-state index contributed by atoms with van der Waals surface area (Å²) in [6.07, 6.45) is -3.46. The lowest BCUT2D eigenvalue weighted by molar-refractivity contribution is -0.137. The van der Waals surface area contributed by atoms with E-state index >= 15 is 0 Å². The maximum atomic E-state index is 13.1. The fourth-order valence-electron chi connectivity index (χ4n) is 2.50. The molecule has 0 saturated carbocycles. The van der Waals surface area contributed by atoms with Crippen LogP contribution in [-0.2, 0) is 6.18 Å². The van der Waals surface area contributed by atoms with Gasteiger partial charge in [0, 0.05) is 24.3 Å². The lowest BCUT2D eigenvalue weighted by Crippen LogP contribution is -2.46. The summed E-state index contributed by atoms with van der Waals surface area (Å²) in [5, 5.41) is 3.36. The number of anilines is 1. The van der Waals surface area contributed by atoms with Gasteiger partial charge < -0.3 is 10.2 Å². The standard InChI is InChI=1S/C14H19F3N2/c1-13(2)10-19(9-5-8-18-13)12-7-4-3-6-11(12)14(15,16)17/h3-4,6-7,18H,5,8-10H2,1-2H3. The average Bonchev–Trinajstić information content (AvgIpc) is 2.49. The van der Waals surface area contributed by atoms with E-state index in [0.29, 0.717) is 13.1 Å². The second-order valence-electron chi connectivity index (χ2n) is 5.60. The molecule has 106 valence electrons. The molecule has 19 heavy (non-hydrogen) atoms. The Labute approximate surface area is 111 Å². The lowest BCUT2D eigenvalue weighted by atomic mass is 10.0. The van der Waals surface area contributed by atoms with Crippen LogP contribution in [0.15, 0.2) is 24.3 Å². The van der Waals surface area contributed by atoms with Gasteiger partial charge in [-0.1, -0.05) is 12.1 Å². The minimum absolute atomic E-state index is 0.185. The summed E-state index contributed by atoms with van der Waals surface area (Å²) < 4.78 is 39.2. The Bertz CT molecular complexity index is 441. The summed E-state index contributed by atoms with van der Waals surface area (Å²) in [6.45, 7) is 6.07. The van der Waals surface area contributed by atoms with Crippen LogP contribution in [0.1, 0.15) is 25.8 Å². The maximum Gasteiger partial charge on any atom is 0.418 e. The van der Waals surface area contributed by atoms with E-state index in [9.17, 15) is 13.2 Å². The number of alkyl halides is 3. The Morgan fingerprint density at radius 1 is 1.21 bits per heavy atom. The molecule has 2 nitrogen and oxygen atoms in total. The van der Waals surface area contributed by atoms with Crippen LogP contribution in [0.25, 0.3) is 0 Å². The van der Waals surface area contributed by atoms with Gasteiger partial charge >= 0.3 is 6.18 Å². The number of para-hydroxylation sites is 1. The van der Waals surface area contributed by atoms with Gasteiger partial charge in [0.2, 0.25) is 0 Å². The van der Waals surface area contributed by atoms with E-state index in [0.717, 1.165) is 19.0 Å². The van der Waals surface area contributed by atoms with Crippen LogP contribution in [-0.4, -0.2) is 25.2 Å². The average molecular weight is 272 g/mol. The third-order valence-electron chi connectivity index (χ3n) is 3.34. The number of benzene rings is 1. The predicted octanol–water partition coefficient (Wildman–Crippen LogP) is 3.28. The van der Waals surface area contributed by atoms with Gasteiger partial charge in [-0.15, -0.1) is 0 Å². The van der Waals surface area contributed by atoms with E-state index in [4.69, 9.17) is 0 Å². The molecule has 5 heteroatoms. The Morgan fingerprint density at radius 2 is 1.89 bits per heavy atom. The third kappa shape index (κ3) is 3.41. The molecule has 0 atom stereocenters. The quantitative estimate of drug-likeness (QED) is 0.844. The molecule has 1 heterocycles. The van der Waals surface area contributed by atoms with E-state index in [-0.39, 0.29) is 11.2 Å². The van der Waals surface area contributed by atoms with Crippen molar-refractivity contribution in [1.29, 1.82) is 0 Å². The van der Waals surface area contributed by atoms with Crippen LogP contribution in [0.5, 0.6) is 0 Å². The van der Waals surface area contributed by atoms with Crippen molar-refractivity contribution >= 4 is 5.69 Å². The van der Waals surface area contributed by atoms with Gasteiger partial charge in [0.05, 0.1) is 5.56 Å². The molecule has 0 aromatic heterocycles. The molecule has 1 fully saturated rings. The third-order valence-corrected chi connectivity index (χ3v) is 3.34. The topological polar surface area (TPSA) is 15.3 Å². The summed E-state index contributed by atoms with van der Waals surface area (Å²) in [5.74, 6) is 0. The Kier molecular flexibility index (Phi) is 3.76. The summed E-state index contributed by atoms with van der Waals surface area (Å²) in [4.78, 5) is 1.84. The number of rotatable bonds is 1. The van der Waals surface area contributed by atoms with Crippen molar-refractivity contribution in [2.24, 2.45) is 0 Å². The molecule has 0 spiro atoms. The zero-order valence-corrected chi connectivity index (χ0v) is 11.2. The highest BCUT2D eigenvalue weighted by Crippen LogP contribution is 2.37. The van der Waals surface area contributed by atoms with E-state index in [1.165, 1.54) is 6.07 Å². The molecule has 1 saturated heterocycles. The fourth-order valence-corrected chi connectivity index (χ4v) is 2.50. The molecule has 1 N–H and O–H groups in total. The van der Waals surface area contributed by atoms with Crippen LogP contribution in [0.4, 0.5) is 18.9 Å². The van der Waals surface area contributed by atoms with Crippen LogP contribution in [0, 0.1) is 0 Å². The van der Waals surface area contributed by atoms with Gasteiger partial charge in [-0.2, -0.15) is 13.2 Å². The minimum Gasteiger partial charge on any atom is -0.369 e. The van der Waals surface area contributed by atoms with Crippen molar-refractivity contribution in [3.63, 3.8) is 0 Å². The van der Waals surface area contributed by atoms with E-state index in [2.05, 4.69) is 5.32 Å². The Balaban J connectivity index is 2.35. The Hall–Kier alpha value is -1.23. The first-order chi connectivity index (χ1) is 8.80. The summed E-state index contributed by atoms with van der Waals surface area (Å²) in [7, 11) is 0. The van der Waals surface area contributed by atoms with Crippen LogP contribution < -0.4 is 10.2 Å². The second-order valence-corrected chi connectivity index (χ2v) is 5.60. The molecule has 0 radical (unpaired) electrons. The molecule has 0 aliphatic carbocycles. The zero-order valence-electron chi connectivity index (χ0n) is 11.2. The highest BCUT2D eigenvalue weighted by atomic mass is 19.4. The van der Waals surface area contributed by atoms with Crippen molar-refractivity contribution in [3.05, 3.63) is 29.8 Å². The molecule has 1 aliphatic rings. The number of nitrogens with zero attached hydrogens (tertiary/aromatic N) is 1. The SMILES string of the molecule is CC1(C)CN(c2ccccc2C(F)(F)F)CCCN1. The predicted molar refractivity (Wildman–Crippen MR) is 70.4 cm³/mol. The Morgan fingerprint density at radius 3 is 2.58 bits per heavy atom. The lowest BCUT2D eigenvalue weighted by Gasteiger charge is -2.33. The molecule has 2 rings (SSSR count). The summed E-state index contributed by atoms with van der Waals surface area (Å²) in [6, 6.07) is 5.81. The van der Waals surface area contributed by atoms with Gasteiger partial charge in [0.1, 0.15) is 0 Å². The van der Waals surface area contributed by atoms with Gasteiger partial charge in [-0.3, -0.25) is 0 Å². The maximum absolute atomic E-state index is 13.1. The summed E-state index contributed by atoms with van der Waals surface area (Å²) >= 11 is 0. The van der Waals surface area contributed by atoms with E-state index in [1.807, 2.05) is 18.7 Å². The smallest absolute Gasteiger partial charge is 0.369 e. The van der Waals surface area contributed by atoms with Gasteiger partial charge in [0.25, 0.3) is 0 Å². The molecule has 0 bridgehead atoms. The van der Waals surface area contributed by atoms with Crippen molar-refractivity contribution in [2.75, 3.05) is 24.5 Å². The molecular formula is C14H19F3N2. The first-order valence-electron chi connectivity index (χ1n) is 6.46. The first kappa shape index (κ1) is 14.2. The molecular weight excluding hydrogens is 253 g/mol. The number of hydrogen-bond donors (Lipinski definition) is 1. The summed E-state index contributed by atoms with van der Waals surface area (Å²) in [5.41, 5.74) is -0.450. The largest absolute Gasteiger partial charge is 0.418 e. The van der Waals surface area contributed by atoms with Crippen molar-refractivity contribution < 1.29 is 13.2 Å². The van der Waals surface area contributed by atoms with Crippen molar-refractivity contribution in [3.8, 4) is 0 Å². The highest BCUT2D eigenvalue weighted by Gasteiger charge is 2.35. The molecule has 0 amide bonds. The normalized spacial score (nSPS) is 20.2. The fraction of sp³-hybridized carbons (Fsp3) is 0.571. The second kappa shape index (κ2) is 5.04. The van der Waals surface area contributed by atoms with Crippen molar-refractivity contribution in [1.82, 2.24) is 5.32 Å². The first-order valence-corrected chi connectivity index (χ1v) is 6.46. The molecule has 1 aromatic rings. The van der Waals surface area contributed by atoms with Crippen LogP contribution >= 0.6 is 0 Å². The van der Waals surface area contributed by atoms with E-state index < -0.39 is 11.7 Å². The van der Waals surface area contributed by atoms with Crippen LogP contribution in [0.3, 0.4) is 0 Å². The van der Waals surface area contributed by atoms with Crippen LogP contribution in [0.2, 0.25) is 0 Å². The minimum atomic E-state index is -4.31. The molecule has 0 unspecified atom stereocenters. The molecule has 1 aliphatic heterocycles. The van der Waals surface area contributed by atoms with E-state index in [1.54, 1.807) is 12.1 Å². The van der Waals surface area contributed by atoms with Gasteiger partial charge in [-0.25, -0.2) is 0 Å². The number of halogens is 3. The molecule has 1 aromatic carbocycles. The van der Waals surface area contributed by atoms with Gasteiger partial charge in [-0.05, 0) is 38.9 Å². The van der Waals surface area contributed by atoms with Gasteiger partial charge in [0.15, 0.2) is 0 Å². The zero-order chi connectivity index (χ0) is 14.1. The number of hydrogen-bond acceptors (Lipinski definition) is 2.